The van der Waals surface area contributed by atoms with E-state index in [1.54, 1.807) is 18.2 Å². The fraction of sp³-hybridized carbons (Fsp3) is 0.520. The van der Waals surface area contributed by atoms with Crippen molar-refractivity contribution in [2.45, 2.75) is 63.8 Å². The smallest absolute Gasteiger partial charge is 0.267 e. The highest BCUT2D eigenvalue weighted by molar-refractivity contribution is 5.98. The predicted molar refractivity (Wildman–Crippen MR) is 136 cm³/mol. The van der Waals surface area contributed by atoms with Gasteiger partial charge in [-0.15, -0.1) is 0 Å². The molecule has 188 valence electrons. The normalized spacial score (nSPS) is 17.6. The predicted octanol–water partition coefficient (Wildman–Crippen LogP) is 2.62. The number of hydrogen-bond acceptors (Lipinski definition) is 7. The molecule has 1 saturated carbocycles. The Bertz CT molecular complexity index is 1150. The number of amides is 2. The van der Waals surface area contributed by atoms with E-state index >= 15 is 0 Å². The van der Waals surface area contributed by atoms with Gasteiger partial charge in [0, 0.05) is 36.4 Å². The molecule has 1 saturated heterocycles. The highest BCUT2D eigenvalue weighted by atomic mass is 16.2. The van der Waals surface area contributed by atoms with E-state index in [-0.39, 0.29) is 28.8 Å². The van der Waals surface area contributed by atoms with E-state index in [2.05, 4.69) is 20.6 Å². The summed E-state index contributed by atoms with van der Waals surface area (Å²) >= 11 is 0. The zero-order valence-corrected chi connectivity index (χ0v) is 20.3. The quantitative estimate of drug-likeness (QED) is 0.406. The molecule has 10 heteroatoms. The summed E-state index contributed by atoms with van der Waals surface area (Å²) in [6.45, 7) is 3.87. The zero-order chi connectivity index (χ0) is 25.0. The number of rotatable bonds is 7. The second-order valence-corrected chi connectivity index (χ2v) is 9.79. The molecule has 0 bridgehead atoms. The van der Waals surface area contributed by atoms with E-state index < -0.39 is 11.5 Å². The van der Waals surface area contributed by atoms with Crippen LogP contribution in [0.15, 0.2) is 23.0 Å². The van der Waals surface area contributed by atoms with E-state index in [0.717, 1.165) is 63.6 Å². The molecule has 7 N–H and O–H groups in total. The number of nitrogens with two attached hydrogens (primary N) is 2. The Balaban J connectivity index is 1.55. The molecule has 0 radical (unpaired) electrons. The first-order valence-electron chi connectivity index (χ1n) is 12.4. The van der Waals surface area contributed by atoms with Crippen molar-refractivity contribution in [2.24, 2.45) is 11.5 Å². The van der Waals surface area contributed by atoms with Crippen molar-refractivity contribution in [3.8, 4) is 0 Å². The standard InChI is InChI=1S/C25H35N7O3/c1-16-14-17(8-9-18(16)23(35)32-12-6-3-7-13-32)29-21-19(20(26)33)22(34)31-24(30-21)28-15-25(27)10-4-2-5-11-25/h8-9,14H,2-7,10-13,15,27H2,1H3,(H2,26,33)(H3,28,29,30,31,34). The van der Waals surface area contributed by atoms with Crippen LogP contribution in [0, 0.1) is 6.92 Å². The molecule has 1 aliphatic heterocycles. The van der Waals surface area contributed by atoms with Gasteiger partial charge in [-0.1, -0.05) is 19.3 Å². The number of hydrogen-bond donors (Lipinski definition) is 5. The van der Waals surface area contributed by atoms with Gasteiger partial charge in [0.2, 0.25) is 5.95 Å². The van der Waals surface area contributed by atoms with Crippen molar-refractivity contribution in [3.05, 3.63) is 45.2 Å². The number of carbonyl (C=O) groups excluding carboxylic acids is 2. The number of aromatic amines is 1. The van der Waals surface area contributed by atoms with Gasteiger partial charge in [0.1, 0.15) is 5.56 Å². The molecule has 1 aliphatic carbocycles. The summed E-state index contributed by atoms with van der Waals surface area (Å²) in [5.74, 6) is -0.603. The average Bonchev–Trinajstić information content (AvgIpc) is 2.83. The molecule has 1 aromatic carbocycles. The number of nitrogens with one attached hydrogen (secondary N) is 3. The van der Waals surface area contributed by atoms with Crippen LogP contribution in [0.25, 0.3) is 0 Å². The highest BCUT2D eigenvalue weighted by Crippen LogP contribution is 2.26. The first-order valence-corrected chi connectivity index (χ1v) is 12.4. The summed E-state index contributed by atoms with van der Waals surface area (Å²) in [4.78, 5) is 46.5. The molecule has 0 atom stereocenters. The number of aryl methyl sites for hydroxylation is 1. The number of anilines is 3. The van der Waals surface area contributed by atoms with Gasteiger partial charge in [-0.05, 0) is 62.8 Å². The van der Waals surface area contributed by atoms with Crippen molar-refractivity contribution < 1.29 is 9.59 Å². The lowest BCUT2D eigenvalue weighted by Gasteiger charge is -2.33. The minimum atomic E-state index is -0.885. The maximum Gasteiger partial charge on any atom is 0.267 e. The van der Waals surface area contributed by atoms with Crippen LogP contribution < -0.4 is 27.7 Å². The molecule has 2 aliphatic rings. The molecule has 1 aromatic heterocycles. The van der Waals surface area contributed by atoms with Gasteiger partial charge in [0.25, 0.3) is 17.4 Å². The van der Waals surface area contributed by atoms with Crippen LogP contribution in [0.1, 0.15) is 77.6 Å². The van der Waals surface area contributed by atoms with Gasteiger partial charge in [-0.3, -0.25) is 19.4 Å². The van der Waals surface area contributed by atoms with Gasteiger partial charge in [-0.2, -0.15) is 4.98 Å². The third-order valence-corrected chi connectivity index (χ3v) is 6.99. The van der Waals surface area contributed by atoms with E-state index in [1.165, 1.54) is 6.42 Å². The van der Waals surface area contributed by atoms with E-state index in [9.17, 15) is 14.4 Å². The molecule has 4 rings (SSSR count). The average molecular weight is 482 g/mol. The van der Waals surface area contributed by atoms with Crippen LogP contribution in [0.2, 0.25) is 0 Å². The van der Waals surface area contributed by atoms with Gasteiger partial charge in [0.15, 0.2) is 5.82 Å². The number of carbonyl (C=O) groups is 2. The van der Waals surface area contributed by atoms with Crippen LogP contribution in [-0.2, 0) is 0 Å². The lowest BCUT2D eigenvalue weighted by Crippen LogP contribution is -2.48. The third-order valence-electron chi connectivity index (χ3n) is 6.99. The summed E-state index contributed by atoms with van der Waals surface area (Å²) in [6.07, 6.45) is 8.33. The molecule has 0 unspecified atom stereocenters. The van der Waals surface area contributed by atoms with Crippen LogP contribution in [-0.4, -0.2) is 51.9 Å². The lowest BCUT2D eigenvalue weighted by molar-refractivity contribution is 0.0723. The van der Waals surface area contributed by atoms with Crippen LogP contribution in [0.4, 0.5) is 17.5 Å². The van der Waals surface area contributed by atoms with E-state index in [0.29, 0.717) is 17.8 Å². The fourth-order valence-electron chi connectivity index (χ4n) is 4.95. The topological polar surface area (TPSA) is 159 Å². The number of nitrogens with zero attached hydrogens (tertiary/aromatic N) is 2. The number of piperidine rings is 1. The number of primary amides is 1. The Morgan fingerprint density at radius 1 is 1.11 bits per heavy atom. The second kappa shape index (κ2) is 10.5. The van der Waals surface area contributed by atoms with Crippen molar-refractivity contribution >= 4 is 29.3 Å². The molecular weight excluding hydrogens is 446 g/mol. The second-order valence-electron chi connectivity index (χ2n) is 9.79. The minimum Gasteiger partial charge on any atom is -0.365 e. The van der Waals surface area contributed by atoms with Gasteiger partial charge in [-0.25, -0.2) is 0 Å². The Hall–Kier alpha value is -3.40. The molecular formula is C25H35N7O3. The molecule has 35 heavy (non-hydrogen) atoms. The van der Waals surface area contributed by atoms with Gasteiger partial charge in [0.05, 0.1) is 0 Å². The van der Waals surface area contributed by atoms with Crippen LogP contribution in [0.5, 0.6) is 0 Å². The number of H-pyrrole nitrogens is 1. The maximum atomic E-state index is 12.9. The minimum absolute atomic E-state index is 0.0192. The Kier molecular flexibility index (Phi) is 7.39. The van der Waals surface area contributed by atoms with E-state index in [1.807, 2.05) is 11.8 Å². The maximum absolute atomic E-state index is 12.9. The molecule has 10 nitrogen and oxygen atoms in total. The van der Waals surface area contributed by atoms with Crippen LogP contribution >= 0.6 is 0 Å². The highest BCUT2D eigenvalue weighted by Gasteiger charge is 2.28. The SMILES string of the molecule is Cc1cc(Nc2nc(NCC3(N)CCCCC3)[nH]c(=O)c2C(N)=O)ccc1C(=O)N1CCCCC1. The summed E-state index contributed by atoms with van der Waals surface area (Å²) in [5.41, 5.74) is 12.7. The summed E-state index contributed by atoms with van der Waals surface area (Å²) < 4.78 is 0. The first-order chi connectivity index (χ1) is 16.8. The van der Waals surface area contributed by atoms with Crippen LogP contribution in [0.3, 0.4) is 0 Å². The zero-order valence-electron chi connectivity index (χ0n) is 20.3. The summed E-state index contributed by atoms with van der Waals surface area (Å²) in [5, 5.41) is 6.17. The lowest BCUT2D eigenvalue weighted by atomic mass is 9.82. The fourth-order valence-corrected chi connectivity index (χ4v) is 4.95. The monoisotopic (exact) mass is 481 g/mol. The first kappa shape index (κ1) is 24.7. The Morgan fingerprint density at radius 3 is 2.46 bits per heavy atom. The van der Waals surface area contributed by atoms with E-state index in [4.69, 9.17) is 11.5 Å². The van der Waals surface area contributed by atoms with Crippen molar-refractivity contribution in [1.82, 2.24) is 14.9 Å². The molecule has 2 amide bonds. The molecule has 0 spiro atoms. The Labute approximate surface area is 204 Å². The summed E-state index contributed by atoms with van der Waals surface area (Å²) in [6, 6.07) is 5.29. The molecule has 2 aromatic rings. The van der Waals surface area contributed by atoms with Crippen molar-refractivity contribution in [1.29, 1.82) is 0 Å². The van der Waals surface area contributed by atoms with Crippen molar-refractivity contribution in [3.63, 3.8) is 0 Å². The molecule has 2 fully saturated rings. The van der Waals surface area contributed by atoms with Gasteiger partial charge < -0.3 is 27.0 Å². The van der Waals surface area contributed by atoms with Crippen molar-refractivity contribution in [2.75, 3.05) is 30.3 Å². The van der Waals surface area contributed by atoms with Gasteiger partial charge >= 0.3 is 0 Å². The largest absolute Gasteiger partial charge is 0.365 e. The molecule has 2 heterocycles. The Morgan fingerprint density at radius 2 is 1.80 bits per heavy atom. The number of benzene rings is 1. The third kappa shape index (κ3) is 5.82. The number of likely N-dealkylation sites (tertiary alicyclic amines) is 1. The summed E-state index contributed by atoms with van der Waals surface area (Å²) in [7, 11) is 0. The number of aromatic nitrogens is 2.